The zero-order valence-corrected chi connectivity index (χ0v) is 9.66. The summed E-state index contributed by atoms with van der Waals surface area (Å²) in [4.78, 5) is 11.0. The molecule has 5 heteroatoms. The van der Waals surface area contributed by atoms with Crippen molar-refractivity contribution in [3.8, 4) is 5.75 Å². The molecule has 1 atom stereocenters. The summed E-state index contributed by atoms with van der Waals surface area (Å²) in [6.07, 6.45) is 0. The molecule has 5 nitrogen and oxygen atoms in total. The van der Waals surface area contributed by atoms with E-state index >= 15 is 0 Å². The molecule has 1 aromatic rings. The summed E-state index contributed by atoms with van der Waals surface area (Å²) in [7, 11) is 0. The number of phenolic OH excluding ortho intramolecular Hbond substituents is 1. The Bertz CT molecular complexity index is 440. The average Bonchev–Trinajstić information content (AvgIpc) is 2.33. The Hall–Kier alpha value is -1.59. The van der Waals surface area contributed by atoms with Gasteiger partial charge in [-0.25, -0.2) is 4.79 Å². The fourth-order valence-corrected chi connectivity index (χ4v) is 2.07. The van der Waals surface area contributed by atoms with E-state index in [1.54, 1.807) is 6.92 Å². The molecular weight excluding hydrogens is 220 g/mol. The van der Waals surface area contributed by atoms with Crippen molar-refractivity contribution in [3.05, 3.63) is 28.8 Å². The molecule has 1 saturated heterocycles. The molecule has 2 rings (SSSR count). The van der Waals surface area contributed by atoms with Gasteiger partial charge in [0.2, 0.25) is 0 Å². The fraction of sp³-hybridized carbons (Fsp3) is 0.417. The van der Waals surface area contributed by atoms with E-state index in [4.69, 9.17) is 5.11 Å². The van der Waals surface area contributed by atoms with Crippen molar-refractivity contribution in [2.45, 2.75) is 13.0 Å². The SMILES string of the molecule is Cc1cc(C(=O)O)cc([C@@H]2CNCCN2)c1O. The zero-order valence-electron chi connectivity index (χ0n) is 9.66. The molecule has 1 aliphatic rings. The highest BCUT2D eigenvalue weighted by Crippen LogP contribution is 2.29. The molecular formula is C12H16N2O3. The van der Waals surface area contributed by atoms with Crippen molar-refractivity contribution in [1.29, 1.82) is 0 Å². The third-order valence-electron chi connectivity index (χ3n) is 2.99. The van der Waals surface area contributed by atoms with E-state index in [1.807, 2.05) is 0 Å². The number of hydrogen-bond acceptors (Lipinski definition) is 4. The number of phenols is 1. The smallest absolute Gasteiger partial charge is 0.335 e. The number of aromatic carboxylic acids is 1. The third kappa shape index (κ3) is 2.40. The minimum atomic E-state index is -0.974. The van der Waals surface area contributed by atoms with Crippen molar-refractivity contribution in [3.63, 3.8) is 0 Å². The summed E-state index contributed by atoms with van der Waals surface area (Å²) < 4.78 is 0. The van der Waals surface area contributed by atoms with Crippen LogP contribution in [0, 0.1) is 6.92 Å². The number of hydrogen-bond donors (Lipinski definition) is 4. The van der Waals surface area contributed by atoms with E-state index in [0.29, 0.717) is 17.7 Å². The number of aromatic hydroxyl groups is 1. The van der Waals surface area contributed by atoms with Gasteiger partial charge < -0.3 is 20.8 Å². The van der Waals surface area contributed by atoms with Crippen LogP contribution in [-0.2, 0) is 0 Å². The van der Waals surface area contributed by atoms with Crippen molar-refractivity contribution in [2.24, 2.45) is 0 Å². The van der Waals surface area contributed by atoms with E-state index in [9.17, 15) is 9.90 Å². The number of rotatable bonds is 2. The summed E-state index contributed by atoms with van der Waals surface area (Å²) in [6.45, 7) is 4.09. The first-order valence-electron chi connectivity index (χ1n) is 5.60. The summed E-state index contributed by atoms with van der Waals surface area (Å²) in [5, 5.41) is 25.5. The monoisotopic (exact) mass is 236 g/mol. The van der Waals surface area contributed by atoms with Gasteiger partial charge in [-0.2, -0.15) is 0 Å². The second-order valence-corrected chi connectivity index (χ2v) is 4.25. The Morgan fingerprint density at radius 3 is 2.76 bits per heavy atom. The largest absolute Gasteiger partial charge is 0.507 e. The predicted octanol–water partition coefficient (Wildman–Crippen LogP) is 0.633. The number of benzene rings is 1. The molecule has 0 radical (unpaired) electrons. The Morgan fingerprint density at radius 1 is 1.41 bits per heavy atom. The van der Waals surface area contributed by atoms with Crippen molar-refractivity contribution < 1.29 is 15.0 Å². The molecule has 0 spiro atoms. The second-order valence-electron chi connectivity index (χ2n) is 4.25. The number of aryl methyl sites for hydroxylation is 1. The minimum absolute atomic E-state index is 0.0400. The standard InChI is InChI=1S/C12H16N2O3/c1-7-4-8(12(16)17)5-9(11(7)15)10-6-13-2-3-14-10/h4-5,10,13-15H,2-3,6H2,1H3,(H,16,17)/t10-/m0/s1. The maximum Gasteiger partial charge on any atom is 0.335 e. The second kappa shape index (κ2) is 4.73. The first-order chi connectivity index (χ1) is 8.09. The van der Waals surface area contributed by atoms with Crippen LogP contribution in [0.2, 0.25) is 0 Å². The lowest BCUT2D eigenvalue weighted by Gasteiger charge is -2.26. The lowest BCUT2D eigenvalue weighted by atomic mass is 9.98. The number of carboxylic acids is 1. The molecule has 1 aromatic carbocycles. The van der Waals surface area contributed by atoms with E-state index in [1.165, 1.54) is 12.1 Å². The van der Waals surface area contributed by atoms with Crippen LogP contribution >= 0.6 is 0 Å². The van der Waals surface area contributed by atoms with Gasteiger partial charge in [0.25, 0.3) is 0 Å². The molecule has 0 saturated carbocycles. The van der Waals surface area contributed by atoms with E-state index in [-0.39, 0.29) is 17.4 Å². The summed E-state index contributed by atoms with van der Waals surface area (Å²) >= 11 is 0. The number of nitrogens with one attached hydrogen (secondary N) is 2. The molecule has 1 fully saturated rings. The zero-order chi connectivity index (χ0) is 12.4. The first-order valence-corrected chi connectivity index (χ1v) is 5.60. The van der Waals surface area contributed by atoms with Crippen LogP contribution in [0.25, 0.3) is 0 Å². The molecule has 0 aromatic heterocycles. The van der Waals surface area contributed by atoms with Crippen LogP contribution in [0.3, 0.4) is 0 Å². The van der Waals surface area contributed by atoms with Gasteiger partial charge in [0.15, 0.2) is 0 Å². The van der Waals surface area contributed by atoms with E-state index in [2.05, 4.69) is 10.6 Å². The molecule has 0 aliphatic carbocycles. The van der Waals surface area contributed by atoms with Gasteiger partial charge >= 0.3 is 5.97 Å². The minimum Gasteiger partial charge on any atom is -0.507 e. The van der Waals surface area contributed by atoms with Gasteiger partial charge in [0.05, 0.1) is 5.56 Å². The average molecular weight is 236 g/mol. The molecule has 4 N–H and O–H groups in total. The summed E-state index contributed by atoms with van der Waals surface area (Å²) in [5.41, 5.74) is 1.45. The topological polar surface area (TPSA) is 81.6 Å². The van der Waals surface area contributed by atoms with Gasteiger partial charge in [0.1, 0.15) is 5.75 Å². The number of carboxylic acid groups (broad SMARTS) is 1. The van der Waals surface area contributed by atoms with E-state index < -0.39 is 5.97 Å². The lowest BCUT2D eigenvalue weighted by molar-refractivity contribution is 0.0696. The van der Waals surface area contributed by atoms with Crippen molar-refractivity contribution in [2.75, 3.05) is 19.6 Å². The number of carbonyl (C=O) groups is 1. The summed E-state index contributed by atoms with van der Waals surface area (Å²) in [6, 6.07) is 2.98. The Morgan fingerprint density at radius 2 is 2.18 bits per heavy atom. The Kier molecular flexibility index (Phi) is 3.31. The first kappa shape index (κ1) is 11.9. The van der Waals surface area contributed by atoms with Gasteiger partial charge in [-0.05, 0) is 24.6 Å². The molecule has 0 bridgehead atoms. The Balaban J connectivity index is 2.40. The van der Waals surface area contributed by atoms with Gasteiger partial charge in [-0.1, -0.05) is 0 Å². The van der Waals surface area contributed by atoms with Crippen molar-refractivity contribution >= 4 is 5.97 Å². The quantitative estimate of drug-likeness (QED) is 0.605. The third-order valence-corrected chi connectivity index (χ3v) is 2.99. The van der Waals surface area contributed by atoms with Gasteiger partial charge in [-0.15, -0.1) is 0 Å². The van der Waals surface area contributed by atoms with Crippen LogP contribution in [0.4, 0.5) is 0 Å². The van der Waals surface area contributed by atoms with Crippen LogP contribution < -0.4 is 10.6 Å². The van der Waals surface area contributed by atoms with Gasteiger partial charge in [-0.3, -0.25) is 0 Å². The molecule has 1 heterocycles. The van der Waals surface area contributed by atoms with Crippen LogP contribution in [0.5, 0.6) is 5.75 Å². The number of piperazine rings is 1. The maximum atomic E-state index is 11.0. The molecule has 0 amide bonds. The highest BCUT2D eigenvalue weighted by molar-refractivity contribution is 5.88. The van der Waals surface area contributed by atoms with E-state index in [0.717, 1.165) is 13.1 Å². The fourth-order valence-electron chi connectivity index (χ4n) is 2.07. The molecule has 0 unspecified atom stereocenters. The maximum absolute atomic E-state index is 11.0. The highest BCUT2D eigenvalue weighted by atomic mass is 16.4. The predicted molar refractivity (Wildman–Crippen MR) is 63.4 cm³/mol. The van der Waals surface area contributed by atoms with Crippen LogP contribution in [-0.4, -0.2) is 35.8 Å². The molecule has 17 heavy (non-hydrogen) atoms. The lowest BCUT2D eigenvalue weighted by Crippen LogP contribution is -2.42. The van der Waals surface area contributed by atoms with Crippen molar-refractivity contribution in [1.82, 2.24) is 10.6 Å². The molecule has 1 aliphatic heterocycles. The normalized spacial score (nSPS) is 20.2. The Labute approximate surface area is 99.5 Å². The highest BCUT2D eigenvalue weighted by Gasteiger charge is 2.20. The molecule has 92 valence electrons. The van der Waals surface area contributed by atoms with Crippen LogP contribution in [0.15, 0.2) is 12.1 Å². The van der Waals surface area contributed by atoms with Crippen LogP contribution in [0.1, 0.15) is 27.5 Å². The van der Waals surface area contributed by atoms with Gasteiger partial charge in [0, 0.05) is 31.2 Å². The summed E-state index contributed by atoms with van der Waals surface area (Å²) in [5.74, 6) is -0.797.